The highest BCUT2D eigenvalue weighted by Crippen LogP contribution is 2.38. The molecule has 0 aromatic carbocycles. The second-order valence-electron chi connectivity index (χ2n) is 10.4. The number of hydrogen-bond acceptors (Lipinski definition) is 5. The summed E-state index contributed by atoms with van der Waals surface area (Å²) in [6.45, 7) is 2.91. The molecule has 0 unspecified atom stereocenters. The van der Waals surface area contributed by atoms with E-state index in [1.54, 1.807) is 0 Å². The first kappa shape index (κ1) is 29.2. The lowest BCUT2D eigenvalue weighted by Gasteiger charge is -2.33. The maximum Gasteiger partial charge on any atom is 0.410 e. The number of hydrogen-bond donors (Lipinski definition) is 3. The van der Waals surface area contributed by atoms with E-state index in [9.17, 15) is 36.3 Å². The van der Waals surface area contributed by atoms with E-state index in [4.69, 9.17) is 0 Å². The van der Waals surface area contributed by atoms with Crippen molar-refractivity contribution >= 4 is 23.7 Å². The fourth-order valence-electron chi connectivity index (χ4n) is 4.89. The Balaban J connectivity index is 1.48. The van der Waals surface area contributed by atoms with Crippen LogP contribution in [0.5, 0.6) is 0 Å². The van der Waals surface area contributed by atoms with Gasteiger partial charge in [0, 0.05) is 37.8 Å². The monoisotopic (exact) mass is 571 g/mol. The van der Waals surface area contributed by atoms with Gasteiger partial charge < -0.3 is 20.9 Å². The zero-order valence-corrected chi connectivity index (χ0v) is 21.8. The van der Waals surface area contributed by atoms with E-state index >= 15 is 0 Å². The van der Waals surface area contributed by atoms with Crippen molar-refractivity contribution in [2.75, 3.05) is 11.9 Å². The molecule has 40 heavy (non-hydrogen) atoms. The van der Waals surface area contributed by atoms with Crippen LogP contribution in [0, 0.1) is 5.92 Å². The average molecular weight is 572 g/mol. The van der Waals surface area contributed by atoms with Gasteiger partial charge in [-0.1, -0.05) is 0 Å². The molecular formula is C25H30F5N7O3. The number of urea groups is 1. The van der Waals surface area contributed by atoms with Crippen molar-refractivity contribution in [2.24, 2.45) is 5.92 Å². The number of nitrogens with zero attached hydrogens (tertiary/aromatic N) is 4. The van der Waals surface area contributed by atoms with Crippen molar-refractivity contribution < 1.29 is 36.3 Å². The van der Waals surface area contributed by atoms with Gasteiger partial charge in [-0.3, -0.25) is 14.3 Å². The van der Waals surface area contributed by atoms with Crippen LogP contribution in [0.4, 0.5) is 32.6 Å². The van der Waals surface area contributed by atoms with Crippen LogP contribution in [-0.4, -0.2) is 68.2 Å². The number of alkyl halides is 5. The molecule has 2 aliphatic rings. The van der Waals surface area contributed by atoms with Crippen LogP contribution in [-0.2, 0) is 11.3 Å². The van der Waals surface area contributed by atoms with E-state index in [1.807, 2.05) is 19.2 Å². The van der Waals surface area contributed by atoms with Crippen LogP contribution < -0.4 is 16.0 Å². The topological polar surface area (TPSA) is 121 Å². The van der Waals surface area contributed by atoms with E-state index < -0.39 is 67.3 Å². The SMILES string of the molecule is CC(C)n1nccc1C(=O)N[C@H](C(=O)Nc1cc(CN2C[C@@H](C(F)(F)F)NC2=O)ccn1)C1CCC(F)(F)CC1. The van der Waals surface area contributed by atoms with Gasteiger partial charge in [0.15, 0.2) is 0 Å². The Kier molecular flexibility index (Phi) is 8.30. The molecule has 3 N–H and O–H groups in total. The molecule has 10 nitrogen and oxygen atoms in total. The summed E-state index contributed by atoms with van der Waals surface area (Å²) in [4.78, 5) is 43.5. The Labute approximate surface area is 226 Å². The minimum Gasteiger partial charge on any atom is -0.339 e. The van der Waals surface area contributed by atoms with Crippen LogP contribution in [0.3, 0.4) is 0 Å². The van der Waals surface area contributed by atoms with Gasteiger partial charge in [-0.15, -0.1) is 0 Å². The summed E-state index contributed by atoms with van der Waals surface area (Å²) in [5.74, 6) is -4.66. The summed E-state index contributed by atoms with van der Waals surface area (Å²) in [7, 11) is 0. The maximum atomic E-state index is 13.8. The zero-order chi connectivity index (χ0) is 29.2. The van der Waals surface area contributed by atoms with E-state index in [1.165, 1.54) is 35.3 Å². The second-order valence-corrected chi connectivity index (χ2v) is 10.4. The summed E-state index contributed by atoms with van der Waals surface area (Å²) < 4.78 is 68.1. The Morgan fingerprint density at radius 3 is 2.50 bits per heavy atom. The van der Waals surface area contributed by atoms with Gasteiger partial charge in [0.25, 0.3) is 5.91 Å². The summed E-state index contributed by atoms with van der Waals surface area (Å²) in [6, 6.07) is 0.200. The van der Waals surface area contributed by atoms with E-state index in [2.05, 4.69) is 20.7 Å². The van der Waals surface area contributed by atoms with Gasteiger partial charge in [-0.25, -0.2) is 18.6 Å². The highest BCUT2D eigenvalue weighted by Gasteiger charge is 2.47. The van der Waals surface area contributed by atoms with Gasteiger partial charge in [-0.2, -0.15) is 18.3 Å². The number of carbonyl (C=O) groups is 3. The number of rotatable bonds is 8. The Hall–Kier alpha value is -3.78. The molecule has 2 fully saturated rings. The average Bonchev–Trinajstić information content (AvgIpc) is 3.50. The molecule has 4 amide bonds. The fourth-order valence-corrected chi connectivity index (χ4v) is 4.89. The number of nitrogens with one attached hydrogen (secondary N) is 3. The molecule has 0 bridgehead atoms. The van der Waals surface area contributed by atoms with Crippen LogP contribution in [0.25, 0.3) is 0 Å². The molecular weight excluding hydrogens is 541 g/mol. The second kappa shape index (κ2) is 11.4. The Morgan fingerprint density at radius 1 is 1.18 bits per heavy atom. The molecule has 1 saturated carbocycles. The summed E-state index contributed by atoms with van der Waals surface area (Å²) in [5, 5.41) is 11.3. The molecule has 2 aromatic heterocycles. The number of amides is 4. The third-order valence-electron chi connectivity index (χ3n) is 7.03. The zero-order valence-electron chi connectivity index (χ0n) is 21.8. The van der Waals surface area contributed by atoms with Crippen molar-refractivity contribution in [3.63, 3.8) is 0 Å². The van der Waals surface area contributed by atoms with Crippen molar-refractivity contribution in [1.29, 1.82) is 0 Å². The molecule has 1 aliphatic carbocycles. The molecule has 0 spiro atoms. The summed E-state index contributed by atoms with van der Waals surface area (Å²) >= 11 is 0. The molecule has 1 saturated heterocycles. The first-order valence-corrected chi connectivity index (χ1v) is 12.8. The first-order valence-electron chi connectivity index (χ1n) is 12.8. The van der Waals surface area contributed by atoms with Crippen molar-refractivity contribution in [3.8, 4) is 0 Å². The predicted molar refractivity (Wildman–Crippen MR) is 132 cm³/mol. The number of anilines is 1. The molecule has 218 valence electrons. The highest BCUT2D eigenvalue weighted by molar-refractivity contribution is 6.00. The smallest absolute Gasteiger partial charge is 0.339 e. The first-order chi connectivity index (χ1) is 18.7. The van der Waals surface area contributed by atoms with E-state index in [-0.39, 0.29) is 36.9 Å². The van der Waals surface area contributed by atoms with Crippen molar-refractivity contribution in [2.45, 2.75) is 76.3 Å². The van der Waals surface area contributed by atoms with E-state index in [0.29, 0.717) is 5.56 Å². The van der Waals surface area contributed by atoms with Gasteiger partial charge in [0.05, 0.1) is 6.54 Å². The standard InChI is InChI=1S/C25H30F5N7O3/c1-14(2)37-17(6-10-32-37)21(38)35-20(16-3-7-24(26,27)8-4-16)22(39)34-19-11-15(5-9-31-19)12-36-13-18(25(28,29)30)33-23(36)40/h5-6,9-11,14,16,18,20H,3-4,7-8,12-13H2,1-2H3,(H,33,40)(H,35,38)(H,31,34,39)/t18-,20-/m0/s1. The summed E-state index contributed by atoms with van der Waals surface area (Å²) in [5.41, 5.74) is 0.608. The number of halogens is 5. The van der Waals surface area contributed by atoms with Crippen LogP contribution in [0.2, 0.25) is 0 Å². The molecule has 0 radical (unpaired) electrons. The molecule has 1 aliphatic heterocycles. The normalized spacial score (nSPS) is 20.4. The lowest BCUT2D eigenvalue weighted by molar-refractivity contribution is -0.149. The van der Waals surface area contributed by atoms with Crippen LogP contribution in [0.15, 0.2) is 30.6 Å². The molecule has 15 heteroatoms. The molecule has 3 heterocycles. The minimum atomic E-state index is -4.59. The molecule has 2 atom stereocenters. The van der Waals surface area contributed by atoms with Crippen LogP contribution in [0.1, 0.15) is 61.6 Å². The van der Waals surface area contributed by atoms with Gasteiger partial charge in [-0.05, 0) is 56.4 Å². The third-order valence-corrected chi connectivity index (χ3v) is 7.03. The Bertz CT molecular complexity index is 1240. The van der Waals surface area contributed by atoms with Crippen molar-refractivity contribution in [3.05, 3.63) is 41.9 Å². The number of aromatic nitrogens is 3. The molecule has 4 rings (SSSR count). The fraction of sp³-hybridized carbons (Fsp3) is 0.560. The van der Waals surface area contributed by atoms with Crippen molar-refractivity contribution in [1.82, 2.24) is 30.3 Å². The van der Waals surface area contributed by atoms with Gasteiger partial charge in [0.1, 0.15) is 23.6 Å². The molecule has 2 aromatic rings. The predicted octanol–water partition coefficient (Wildman–Crippen LogP) is 3.88. The quantitative estimate of drug-likeness (QED) is 0.416. The number of carbonyl (C=O) groups excluding carboxylic acids is 3. The summed E-state index contributed by atoms with van der Waals surface area (Å²) in [6.07, 6.45) is -2.66. The van der Waals surface area contributed by atoms with Gasteiger partial charge >= 0.3 is 12.2 Å². The lowest BCUT2D eigenvalue weighted by atomic mass is 9.81. The Morgan fingerprint density at radius 2 is 1.88 bits per heavy atom. The maximum absolute atomic E-state index is 13.8. The van der Waals surface area contributed by atoms with Crippen LogP contribution >= 0.6 is 0 Å². The number of pyridine rings is 1. The third kappa shape index (κ3) is 6.86. The lowest BCUT2D eigenvalue weighted by Crippen LogP contribution is -2.50. The van der Waals surface area contributed by atoms with E-state index in [0.717, 1.165) is 4.90 Å². The largest absolute Gasteiger partial charge is 0.410 e. The van der Waals surface area contributed by atoms with Gasteiger partial charge in [0.2, 0.25) is 11.8 Å². The minimum absolute atomic E-state index is 0.00667. The highest BCUT2D eigenvalue weighted by atomic mass is 19.4.